The Kier molecular flexibility index (Phi) is 7.19. The largest absolute Gasteiger partial charge is 0.497 e. The van der Waals surface area contributed by atoms with Crippen molar-refractivity contribution in [3.63, 3.8) is 0 Å². The number of unbranched alkanes of at least 4 members (excludes halogenated alkanes) is 1. The third-order valence-electron chi connectivity index (χ3n) is 5.14. The molecule has 2 unspecified atom stereocenters. The first-order chi connectivity index (χ1) is 14.1. The molecule has 2 heterocycles. The van der Waals surface area contributed by atoms with Crippen LogP contribution in [0.2, 0.25) is 0 Å². The van der Waals surface area contributed by atoms with Crippen LogP contribution in [0, 0.1) is 5.92 Å². The molecule has 3 rings (SSSR count). The number of likely N-dealkylation sites (tertiary alicyclic amines) is 1. The molecule has 7 nitrogen and oxygen atoms in total. The zero-order valence-corrected chi connectivity index (χ0v) is 18.0. The zero-order chi connectivity index (χ0) is 20.8. The average molecular weight is 417 g/mol. The van der Waals surface area contributed by atoms with Crippen molar-refractivity contribution >= 4 is 28.3 Å². The number of rotatable bonds is 9. The second-order valence-corrected chi connectivity index (χ2v) is 8.27. The molecule has 1 aliphatic rings. The second-order valence-electron chi connectivity index (χ2n) is 7.21. The van der Waals surface area contributed by atoms with Crippen molar-refractivity contribution in [3.8, 4) is 5.75 Å². The van der Waals surface area contributed by atoms with Crippen LogP contribution in [-0.4, -0.2) is 40.6 Å². The van der Waals surface area contributed by atoms with Crippen molar-refractivity contribution in [1.82, 2.24) is 15.1 Å². The van der Waals surface area contributed by atoms with Crippen molar-refractivity contribution in [3.05, 3.63) is 34.8 Å². The van der Waals surface area contributed by atoms with Crippen LogP contribution in [0.25, 0.3) is 0 Å². The molecule has 0 aliphatic carbocycles. The van der Waals surface area contributed by atoms with E-state index < -0.39 is 5.92 Å². The summed E-state index contributed by atoms with van der Waals surface area (Å²) in [6.07, 6.45) is 3.91. The van der Waals surface area contributed by atoms with Crippen molar-refractivity contribution < 1.29 is 14.3 Å². The van der Waals surface area contributed by atoms with Gasteiger partial charge in [0.1, 0.15) is 10.8 Å². The third kappa shape index (κ3) is 4.93. The highest BCUT2D eigenvalue weighted by Crippen LogP contribution is 2.39. The van der Waals surface area contributed by atoms with Gasteiger partial charge in [-0.05, 0) is 30.5 Å². The van der Waals surface area contributed by atoms with Crippen molar-refractivity contribution in [2.45, 2.75) is 52.0 Å². The molecule has 1 fully saturated rings. The van der Waals surface area contributed by atoms with E-state index in [1.54, 1.807) is 7.11 Å². The second kappa shape index (κ2) is 9.82. The molecule has 1 aromatic carbocycles. The van der Waals surface area contributed by atoms with Gasteiger partial charge in [-0.2, -0.15) is 0 Å². The van der Waals surface area contributed by atoms with E-state index >= 15 is 0 Å². The van der Waals surface area contributed by atoms with Crippen molar-refractivity contribution in [2.24, 2.45) is 5.92 Å². The molecule has 0 radical (unpaired) electrons. The minimum atomic E-state index is -0.466. The first-order valence-electron chi connectivity index (χ1n) is 10.1. The summed E-state index contributed by atoms with van der Waals surface area (Å²) in [5.41, 5.74) is 0.942. The van der Waals surface area contributed by atoms with E-state index in [0.717, 1.165) is 42.0 Å². The van der Waals surface area contributed by atoms with Gasteiger partial charge in [-0.1, -0.05) is 43.7 Å². The summed E-state index contributed by atoms with van der Waals surface area (Å²) in [5, 5.41) is 12.5. The lowest BCUT2D eigenvalue weighted by molar-refractivity contribution is -0.129. The molecule has 1 aliphatic heterocycles. The SMILES string of the molecule is CCCCN1C(=O)CC(C(=O)Nc2nnc(CCC)s2)C1c1ccc(OC)cc1. The van der Waals surface area contributed by atoms with E-state index in [2.05, 4.69) is 29.4 Å². The highest BCUT2D eigenvalue weighted by Gasteiger charge is 2.44. The number of hydrogen-bond donors (Lipinski definition) is 1. The van der Waals surface area contributed by atoms with Crippen LogP contribution in [0.15, 0.2) is 24.3 Å². The van der Waals surface area contributed by atoms with Crippen LogP contribution in [0.1, 0.15) is 56.1 Å². The van der Waals surface area contributed by atoms with Crippen molar-refractivity contribution in [1.29, 1.82) is 0 Å². The van der Waals surface area contributed by atoms with Gasteiger partial charge in [0.2, 0.25) is 16.9 Å². The van der Waals surface area contributed by atoms with E-state index in [1.165, 1.54) is 11.3 Å². The number of anilines is 1. The van der Waals surface area contributed by atoms with Gasteiger partial charge < -0.3 is 15.0 Å². The van der Waals surface area contributed by atoms with Crippen LogP contribution in [0.5, 0.6) is 5.75 Å². The average Bonchev–Trinajstić information content (AvgIpc) is 3.30. The first kappa shape index (κ1) is 21.2. The predicted octanol–water partition coefficient (Wildman–Crippen LogP) is 3.83. The maximum Gasteiger partial charge on any atom is 0.232 e. The number of carbonyl (C=O) groups excluding carboxylic acids is 2. The van der Waals surface area contributed by atoms with Crippen LogP contribution in [0.4, 0.5) is 5.13 Å². The van der Waals surface area contributed by atoms with Crippen molar-refractivity contribution in [2.75, 3.05) is 19.0 Å². The molecule has 1 saturated heterocycles. The molecule has 29 heavy (non-hydrogen) atoms. The molecule has 0 spiro atoms. The van der Waals surface area contributed by atoms with E-state index in [0.29, 0.717) is 11.7 Å². The summed E-state index contributed by atoms with van der Waals surface area (Å²) in [6, 6.07) is 7.32. The monoisotopic (exact) mass is 416 g/mol. The highest BCUT2D eigenvalue weighted by atomic mass is 32.1. The summed E-state index contributed by atoms with van der Waals surface area (Å²) >= 11 is 1.39. The molecule has 8 heteroatoms. The minimum Gasteiger partial charge on any atom is -0.497 e. The van der Waals surface area contributed by atoms with Crippen LogP contribution < -0.4 is 10.1 Å². The molecule has 2 aromatic rings. The molecule has 0 bridgehead atoms. The number of hydrogen-bond acceptors (Lipinski definition) is 6. The quantitative estimate of drug-likeness (QED) is 0.672. The Morgan fingerprint density at radius 3 is 2.66 bits per heavy atom. The summed E-state index contributed by atoms with van der Waals surface area (Å²) < 4.78 is 5.25. The van der Waals surface area contributed by atoms with Gasteiger partial charge in [0.05, 0.1) is 19.1 Å². The number of aryl methyl sites for hydroxylation is 1. The summed E-state index contributed by atoms with van der Waals surface area (Å²) in [4.78, 5) is 27.7. The fourth-order valence-electron chi connectivity index (χ4n) is 3.65. The Balaban J connectivity index is 1.83. The van der Waals surface area contributed by atoms with Gasteiger partial charge in [0.25, 0.3) is 0 Å². The number of aromatic nitrogens is 2. The smallest absolute Gasteiger partial charge is 0.232 e. The Hall–Kier alpha value is -2.48. The molecule has 156 valence electrons. The standard InChI is InChI=1S/C21H28N4O3S/c1-4-6-12-25-18(26)13-16(19(25)14-8-10-15(28-3)11-9-14)20(27)22-21-24-23-17(29-21)7-5-2/h8-11,16,19H,4-7,12-13H2,1-3H3,(H,22,24,27). The van der Waals surface area contributed by atoms with E-state index in [9.17, 15) is 9.59 Å². The van der Waals surface area contributed by atoms with E-state index in [1.807, 2.05) is 29.2 Å². The Morgan fingerprint density at radius 2 is 2.00 bits per heavy atom. The number of carbonyl (C=O) groups is 2. The molecule has 0 saturated carbocycles. The molecular formula is C21H28N4O3S. The Labute approximate surface area is 175 Å². The first-order valence-corrected chi connectivity index (χ1v) is 11.0. The molecule has 2 atom stereocenters. The lowest BCUT2D eigenvalue weighted by Gasteiger charge is -2.28. The summed E-state index contributed by atoms with van der Waals surface area (Å²) in [5.74, 6) is 0.114. The molecular weight excluding hydrogens is 388 g/mol. The molecule has 1 N–H and O–H groups in total. The minimum absolute atomic E-state index is 0.0170. The van der Waals surface area contributed by atoms with Gasteiger partial charge in [-0.15, -0.1) is 10.2 Å². The normalized spacial score (nSPS) is 18.9. The van der Waals surface area contributed by atoms with Crippen LogP contribution in [-0.2, 0) is 16.0 Å². The lowest BCUT2D eigenvalue weighted by atomic mass is 9.92. The van der Waals surface area contributed by atoms with Crippen LogP contribution >= 0.6 is 11.3 Å². The van der Waals surface area contributed by atoms with Gasteiger partial charge in [0.15, 0.2) is 0 Å². The zero-order valence-electron chi connectivity index (χ0n) is 17.2. The lowest BCUT2D eigenvalue weighted by Crippen LogP contribution is -2.33. The Bertz CT molecular complexity index is 837. The van der Waals surface area contributed by atoms with Crippen LogP contribution in [0.3, 0.4) is 0 Å². The van der Waals surface area contributed by atoms with Gasteiger partial charge in [-0.25, -0.2) is 0 Å². The number of nitrogens with zero attached hydrogens (tertiary/aromatic N) is 3. The molecule has 2 amide bonds. The maximum atomic E-state index is 13.1. The maximum absolute atomic E-state index is 13.1. The summed E-state index contributed by atoms with van der Waals surface area (Å²) in [6.45, 7) is 4.82. The van der Waals surface area contributed by atoms with Gasteiger partial charge in [-0.3, -0.25) is 9.59 Å². The highest BCUT2D eigenvalue weighted by molar-refractivity contribution is 7.15. The van der Waals surface area contributed by atoms with Gasteiger partial charge in [0, 0.05) is 19.4 Å². The topological polar surface area (TPSA) is 84.4 Å². The predicted molar refractivity (Wildman–Crippen MR) is 113 cm³/mol. The van der Waals surface area contributed by atoms with Gasteiger partial charge >= 0.3 is 0 Å². The van der Waals surface area contributed by atoms with E-state index in [-0.39, 0.29) is 24.3 Å². The Morgan fingerprint density at radius 1 is 1.24 bits per heavy atom. The number of ether oxygens (including phenoxy) is 1. The summed E-state index contributed by atoms with van der Waals surface area (Å²) in [7, 11) is 1.62. The van der Waals surface area contributed by atoms with E-state index in [4.69, 9.17) is 4.74 Å². The number of nitrogens with one attached hydrogen (secondary N) is 1. The number of benzene rings is 1. The fraction of sp³-hybridized carbons (Fsp3) is 0.524. The fourth-order valence-corrected chi connectivity index (χ4v) is 4.49. The number of amides is 2. The molecule has 1 aromatic heterocycles. The number of methoxy groups -OCH3 is 1. The third-order valence-corrected chi connectivity index (χ3v) is 6.04.